The number of aromatic nitrogens is 2. The Bertz CT molecular complexity index is 992. The minimum atomic E-state index is 0.510. The van der Waals surface area contributed by atoms with E-state index in [1.165, 1.54) is 5.56 Å². The van der Waals surface area contributed by atoms with Gasteiger partial charge >= 0.3 is 0 Å². The molecule has 0 aliphatic rings. The number of nitrogens with zero attached hydrogens (tertiary/aromatic N) is 2. The van der Waals surface area contributed by atoms with Gasteiger partial charge in [0.2, 0.25) is 5.82 Å². The van der Waals surface area contributed by atoms with E-state index in [9.17, 15) is 0 Å². The first-order valence-corrected chi connectivity index (χ1v) is 8.46. The molecular formula is C22H18N2O2. The predicted octanol–water partition coefficient (Wildman–Crippen LogP) is 5.29. The molecule has 0 fully saturated rings. The van der Waals surface area contributed by atoms with Gasteiger partial charge in [0.15, 0.2) is 0 Å². The fourth-order valence-electron chi connectivity index (χ4n) is 2.62. The van der Waals surface area contributed by atoms with Gasteiger partial charge in [0, 0.05) is 11.1 Å². The van der Waals surface area contributed by atoms with Gasteiger partial charge in [-0.25, -0.2) is 0 Å². The number of rotatable bonds is 5. The van der Waals surface area contributed by atoms with Gasteiger partial charge in [0.1, 0.15) is 12.4 Å². The molecule has 0 aliphatic carbocycles. The summed E-state index contributed by atoms with van der Waals surface area (Å²) in [6, 6.07) is 25.8. The van der Waals surface area contributed by atoms with Gasteiger partial charge in [-0.15, -0.1) is 0 Å². The number of ether oxygens (including phenoxy) is 1. The lowest BCUT2D eigenvalue weighted by molar-refractivity contribution is 0.306. The Morgan fingerprint density at radius 2 is 1.65 bits per heavy atom. The molecule has 4 rings (SSSR count). The van der Waals surface area contributed by atoms with E-state index in [1.807, 2.05) is 85.8 Å². The number of hydrogen-bond acceptors (Lipinski definition) is 4. The van der Waals surface area contributed by atoms with Crippen molar-refractivity contribution >= 4 is 0 Å². The number of hydrogen-bond donors (Lipinski definition) is 0. The second kappa shape index (κ2) is 7.23. The molecule has 0 aliphatic heterocycles. The Labute approximate surface area is 152 Å². The maximum Gasteiger partial charge on any atom is 0.258 e. The van der Waals surface area contributed by atoms with Crippen LogP contribution in [-0.4, -0.2) is 10.1 Å². The number of aryl methyl sites for hydroxylation is 1. The Morgan fingerprint density at radius 3 is 2.46 bits per heavy atom. The molecule has 3 aromatic carbocycles. The zero-order chi connectivity index (χ0) is 17.8. The average molecular weight is 342 g/mol. The van der Waals surface area contributed by atoms with Gasteiger partial charge in [-0.1, -0.05) is 65.3 Å². The smallest absolute Gasteiger partial charge is 0.258 e. The SMILES string of the molecule is Cc1ccc(-c2nc(-c3cccc(OCc4ccccc4)c3)no2)cc1. The van der Waals surface area contributed by atoms with Crippen molar-refractivity contribution in [2.45, 2.75) is 13.5 Å². The van der Waals surface area contributed by atoms with E-state index in [4.69, 9.17) is 9.26 Å². The molecule has 0 saturated heterocycles. The van der Waals surface area contributed by atoms with Crippen LogP contribution in [0.15, 0.2) is 83.4 Å². The quantitative estimate of drug-likeness (QED) is 0.494. The van der Waals surface area contributed by atoms with E-state index < -0.39 is 0 Å². The molecule has 4 heteroatoms. The summed E-state index contributed by atoms with van der Waals surface area (Å²) in [4.78, 5) is 4.51. The summed E-state index contributed by atoms with van der Waals surface area (Å²) in [6.07, 6.45) is 0. The van der Waals surface area contributed by atoms with Crippen LogP contribution in [0.1, 0.15) is 11.1 Å². The topological polar surface area (TPSA) is 48.2 Å². The summed E-state index contributed by atoms with van der Waals surface area (Å²) in [5.74, 6) is 1.83. The van der Waals surface area contributed by atoms with Gasteiger partial charge in [0.25, 0.3) is 5.89 Å². The van der Waals surface area contributed by atoms with Crippen LogP contribution in [0.5, 0.6) is 5.75 Å². The normalized spacial score (nSPS) is 10.7. The lowest BCUT2D eigenvalue weighted by atomic mass is 10.1. The average Bonchev–Trinajstić information content (AvgIpc) is 3.18. The third kappa shape index (κ3) is 3.64. The Morgan fingerprint density at radius 1 is 0.846 bits per heavy atom. The lowest BCUT2D eigenvalue weighted by Gasteiger charge is -2.06. The van der Waals surface area contributed by atoms with Crippen LogP contribution in [0.3, 0.4) is 0 Å². The third-order valence-electron chi connectivity index (χ3n) is 4.07. The molecule has 0 radical (unpaired) electrons. The summed E-state index contributed by atoms with van der Waals surface area (Å²) in [5, 5.41) is 4.10. The molecule has 4 nitrogen and oxygen atoms in total. The highest BCUT2D eigenvalue weighted by Gasteiger charge is 2.11. The zero-order valence-corrected chi connectivity index (χ0v) is 14.4. The molecule has 0 bridgehead atoms. The maximum atomic E-state index is 5.87. The summed E-state index contributed by atoms with van der Waals surface area (Å²) >= 11 is 0. The molecule has 0 saturated carbocycles. The minimum absolute atomic E-state index is 0.510. The standard InChI is InChI=1S/C22H18N2O2/c1-16-10-12-18(13-11-16)22-23-21(24-26-22)19-8-5-9-20(14-19)25-15-17-6-3-2-4-7-17/h2-14H,15H2,1H3. The highest BCUT2D eigenvalue weighted by Crippen LogP contribution is 2.25. The molecule has 1 heterocycles. The Balaban J connectivity index is 1.52. The molecule has 0 amide bonds. The van der Waals surface area contributed by atoms with E-state index in [0.717, 1.165) is 22.4 Å². The van der Waals surface area contributed by atoms with Crippen molar-refractivity contribution in [3.05, 3.63) is 90.0 Å². The second-order valence-electron chi connectivity index (χ2n) is 6.09. The molecular weight excluding hydrogens is 324 g/mol. The second-order valence-corrected chi connectivity index (χ2v) is 6.09. The van der Waals surface area contributed by atoms with Gasteiger partial charge in [-0.2, -0.15) is 4.98 Å². The molecule has 0 spiro atoms. The molecule has 128 valence electrons. The summed E-state index contributed by atoms with van der Waals surface area (Å²) in [5.41, 5.74) is 4.08. The monoisotopic (exact) mass is 342 g/mol. The van der Waals surface area contributed by atoms with Crippen LogP contribution in [-0.2, 0) is 6.61 Å². The maximum absolute atomic E-state index is 5.87. The third-order valence-corrected chi connectivity index (χ3v) is 4.07. The highest BCUT2D eigenvalue weighted by molar-refractivity contribution is 5.61. The van der Waals surface area contributed by atoms with E-state index in [2.05, 4.69) is 10.1 Å². The Hall–Kier alpha value is -3.40. The highest BCUT2D eigenvalue weighted by atomic mass is 16.5. The minimum Gasteiger partial charge on any atom is -0.489 e. The summed E-state index contributed by atoms with van der Waals surface area (Å²) in [6.45, 7) is 2.56. The van der Waals surface area contributed by atoms with Crippen LogP contribution in [0, 0.1) is 6.92 Å². The van der Waals surface area contributed by atoms with Gasteiger partial charge in [0.05, 0.1) is 0 Å². The first kappa shape index (κ1) is 16.1. The van der Waals surface area contributed by atoms with Gasteiger partial charge < -0.3 is 9.26 Å². The fraction of sp³-hybridized carbons (Fsp3) is 0.0909. The molecule has 1 aromatic heterocycles. The van der Waals surface area contributed by atoms with E-state index in [1.54, 1.807) is 0 Å². The van der Waals surface area contributed by atoms with Gasteiger partial charge in [-0.3, -0.25) is 0 Å². The number of benzene rings is 3. The van der Waals surface area contributed by atoms with Crippen molar-refractivity contribution in [2.75, 3.05) is 0 Å². The largest absolute Gasteiger partial charge is 0.489 e. The van der Waals surface area contributed by atoms with Crippen LogP contribution < -0.4 is 4.74 Å². The van der Waals surface area contributed by atoms with Gasteiger partial charge in [-0.05, 0) is 36.8 Å². The molecule has 26 heavy (non-hydrogen) atoms. The first-order valence-electron chi connectivity index (χ1n) is 8.46. The molecule has 4 aromatic rings. The summed E-state index contributed by atoms with van der Waals surface area (Å²) < 4.78 is 11.3. The van der Waals surface area contributed by atoms with Crippen molar-refractivity contribution in [1.29, 1.82) is 0 Å². The Kier molecular flexibility index (Phi) is 4.48. The van der Waals surface area contributed by atoms with E-state index >= 15 is 0 Å². The van der Waals surface area contributed by atoms with Crippen molar-refractivity contribution in [3.63, 3.8) is 0 Å². The summed E-state index contributed by atoms with van der Waals surface area (Å²) in [7, 11) is 0. The van der Waals surface area contributed by atoms with Crippen molar-refractivity contribution in [3.8, 4) is 28.6 Å². The molecule has 0 N–H and O–H groups in total. The van der Waals surface area contributed by atoms with E-state index in [-0.39, 0.29) is 0 Å². The predicted molar refractivity (Wildman–Crippen MR) is 101 cm³/mol. The van der Waals surface area contributed by atoms with Crippen molar-refractivity contribution in [2.24, 2.45) is 0 Å². The lowest BCUT2D eigenvalue weighted by Crippen LogP contribution is -1.95. The van der Waals surface area contributed by atoms with E-state index in [0.29, 0.717) is 18.3 Å². The fourth-order valence-corrected chi connectivity index (χ4v) is 2.62. The first-order chi connectivity index (χ1) is 12.8. The van der Waals surface area contributed by atoms with Crippen LogP contribution >= 0.6 is 0 Å². The molecule has 0 atom stereocenters. The molecule has 0 unspecified atom stereocenters. The van der Waals surface area contributed by atoms with Crippen LogP contribution in [0.2, 0.25) is 0 Å². The van der Waals surface area contributed by atoms with Crippen molar-refractivity contribution < 1.29 is 9.26 Å². The zero-order valence-electron chi connectivity index (χ0n) is 14.4. The van der Waals surface area contributed by atoms with Crippen LogP contribution in [0.25, 0.3) is 22.8 Å². The van der Waals surface area contributed by atoms with Crippen LogP contribution in [0.4, 0.5) is 0 Å². The van der Waals surface area contributed by atoms with Crippen molar-refractivity contribution in [1.82, 2.24) is 10.1 Å².